The van der Waals surface area contributed by atoms with Crippen molar-refractivity contribution in [2.45, 2.75) is 18.4 Å². The van der Waals surface area contributed by atoms with E-state index in [0.717, 1.165) is 6.07 Å². The van der Waals surface area contributed by atoms with Crippen LogP contribution >= 0.6 is 0 Å². The summed E-state index contributed by atoms with van der Waals surface area (Å²) >= 11 is 0. The molecule has 0 unspecified atom stereocenters. The number of hydrogen-bond donors (Lipinski definition) is 2. The molecule has 1 aliphatic heterocycles. The molecule has 0 spiro atoms. The summed E-state index contributed by atoms with van der Waals surface area (Å²) < 4.78 is 31.7. The van der Waals surface area contributed by atoms with Gasteiger partial charge in [-0.3, -0.25) is 4.79 Å². The van der Waals surface area contributed by atoms with Gasteiger partial charge in [-0.05, 0) is 25.0 Å². The van der Waals surface area contributed by atoms with Gasteiger partial charge in [0.2, 0.25) is 0 Å². The summed E-state index contributed by atoms with van der Waals surface area (Å²) in [4.78, 5) is 12.0. The second-order valence-electron chi connectivity index (χ2n) is 4.61. The third kappa shape index (κ3) is 2.90. The summed E-state index contributed by atoms with van der Waals surface area (Å²) in [6.07, 6.45) is 0.873. The highest BCUT2D eigenvalue weighted by Gasteiger charge is 2.34. The zero-order chi connectivity index (χ0) is 13.9. The number of ether oxygens (including phenoxy) is 1. The summed E-state index contributed by atoms with van der Waals surface area (Å²) in [6, 6.07) is 3.42. The molecular formula is C13H15F2NO3. The molecule has 2 rings (SSSR count). The van der Waals surface area contributed by atoms with Crippen molar-refractivity contribution in [1.82, 2.24) is 5.32 Å². The molecule has 1 fully saturated rings. The first-order valence-electron chi connectivity index (χ1n) is 6.03. The van der Waals surface area contributed by atoms with Crippen LogP contribution in [-0.4, -0.2) is 36.4 Å². The Morgan fingerprint density at radius 2 is 2.05 bits per heavy atom. The molecule has 0 saturated carbocycles. The first kappa shape index (κ1) is 13.9. The van der Waals surface area contributed by atoms with Gasteiger partial charge in [-0.1, -0.05) is 6.07 Å². The lowest BCUT2D eigenvalue weighted by molar-refractivity contribution is 0.0124. The maximum atomic E-state index is 13.5. The molecule has 0 aromatic heterocycles. The van der Waals surface area contributed by atoms with Gasteiger partial charge in [0.25, 0.3) is 5.91 Å². The monoisotopic (exact) mass is 271 g/mol. The van der Waals surface area contributed by atoms with Gasteiger partial charge in [0.1, 0.15) is 0 Å². The second-order valence-corrected chi connectivity index (χ2v) is 4.61. The highest BCUT2D eigenvalue weighted by Crippen LogP contribution is 2.21. The minimum atomic E-state index is -1.18. The molecule has 0 atom stereocenters. The van der Waals surface area contributed by atoms with E-state index in [1.54, 1.807) is 0 Å². The molecule has 0 aliphatic carbocycles. The zero-order valence-corrected chi connectivity index (χ0v) is 10.3. The van der Waals surface area contributed by atoms with Crippen LogP contribution in [0.15, 0.2) is 18.2 Å². The van der Waals surface area contributed by atoms with Crippen molar-refractivity contribution < 1.29 is 23.4 Å². The van der Waals surface area contributed by atoms with Crippen LogP contribution in [0.3, 0.4) is 0 Å². The van der Waals surface area contributed by atoms with E-state index < -0.39 is 23.1 Å². The van der Waals surface area contributed by atoms with Crippen LogP contribution in [0, 0.1) is 11.6 Å². The first-order valence-corrected chi connectivity index (χ1v) is 6.03. The maximum Gasteiger partial charge on any atom is 0.254 e. The van der Waals surface area contributed by atoms with Crippen molar-refractivity contribution in [3.8, 4) is 0 Å². The molecule has 0 radical (unpaired) electrons. The number of hydrogen-bond acceptors (Lipinski definition) is 3. The van der Waals surface area contributed by atoms with Gasteiger partial charge < -0.3 is 15.2 Å². The van der Waals surface area contributed by atoms with E-state index in [0.29, 0.717) is 26.1 Å². The first-order chi connectivity index (χ1) is 9.08. The number of carbonyl (C=O) groups excluding carboxylic acids is 1. The van der Waals surface area contributed by atoms with Crippen LogP contribution in [-0.2, 0) is 4.74 Å². The maximum absolute atomic E-state index is 13.5. The van der Waals surface area contributed by atoms with Crippen molar-refractivity contribution >= 4 is 5.91 Å². The molecule has 1 aromatic rings. The largest absolute Gasteiger partial charge is 0.394 e. The SMILES string of the molecule is O=C(NC1(CO)CCOCC1)c1cccc(F)c1F. The number of carbonyl (C=O) groups is 1. The van der Waals surface area contributed by atoms with Gasteiger partial charge in [-0.2, -0.15) is 0 Å². The Hall–Kier alpha value is -1.53. The molecule has 19 heavy (non-hydrogen) atoms. The Balaban J connectivity index is 2.17. The Morgan fingerprint density at radius 1 is 1.37 bits per heavy atom. The summed E-state index contributed by atoms with van der Waals surface area (Å²) in [5.74, 6) is -2.98. The fourth-order valence-corrected chi connectivity index (χ4v) is 2.07. The topological polar surface area (TPSA) is 58.6 Å². The van der Waals surface area contributed by atoms with E-state index >= 15 is 0 Å². The molecule has 1 heterocycles. The van der Waals surface area contributed by atoms with E-state index in [1.807, 2.05) is 0 Å². The number of benzene rings is 1. The Kier molecular flexibility index (Phi) is 4.11. The van der Waals surface area contributed by atoms with Crippen LogP contribution in [0.2, 0.25) is 0 Å². The predicted molar refractivity (Wildman–Crippen MR) is 63.7 cm³/mol. The standard InChI is InChI=1S/C13H15F2NO3/c14-10-3-1-2-9(11(10)15)12(18)16-13(8-17)4-6-19-7-5-13/h1-3,17H,4-8H2,(H,16,18). The molecule has 6 heteroatoms. The Bertz CT molecular complexity index is 473. The van der Waals surface area contributed by atoms with Crippen molar-refractivity contribution in [1.29, 1.82) is 0 Å². The molecule has 1 saturated heterocycles. The molecule has 2 N–H and O–H groups in total. The normalized spacial score (nSPS) is 18.1. The highest BCUT2D eigenvalue weighted by molar-refractivity contribution is 5.95. The van der Waals surface area contributed by atoms with Crippen LogP contribution in [0.4, 0.5) is 8.78 Å². The van der Waals surface area contributed by atoms with E-state index in [2.05, 4.69) is 5.32 Å². The number of rotatable bonds is 3. The van der Waals surface area contributed by atoms with Crippen molar-refractivity contribution in [2.75, 3.05) is 19.8 Å². The fourth-order valence-electron chi connectivity index (χ4n) is 2.07. The smallest absolute Gasteiger partial charge is 0.254 e. The van der Waals surface area contributed by atoms with Gasteiger partial charge in [0.05, 0.1) is 17.7 Å². The predicted octanol–water partition coefficient (Wildman–Crippen LogP) is 1.24. The highest BCUT2D eigenvalue weighted by atomic mass is 19.2. The molecule has 1 aromatic carbocycles. The van der Waals surface area contributed by atoms with Crippen molar-refractivity contribution in [3.05, 3.63) is 35.4 Å². The van der Waals surface area contributed by atoms with Gasteiger partial charge in [0.15, 0.2) is 11.6 Å². The average Bonchev–Trinajstić information content (AvgIpc) is 2.42. The summed E-state index contributed by atoms with van der Waals surface area (Å²) in [7, 11) is 0. The third-order valence-electron chi connectivity index (χ3n) is 3.33. The quantitative estimate of drug-likeness (QED) is 0.869. The molecular weight excluding hydrogens is 256 g/mol. The fraction of sp³-hybridized carbons (Fsp3) is 0.462. The second kappa shape index (κ2) is 5.63. The van der Waals surface area contributed by atoms with Crippen LogP contribution < -0.4 is 5.32 Å². The lowest BCUT2D eigenvalue weighted by atomic mass is 9.90. The molecule has 1 aliphatic rings. The minimum Gasteiger partial charge on any atom is -0.394 e. The number of aliphatic hydroxyl groups excluding tert-OH is 1. The van der Waals surface area contributed by atoms with Gasteiger partial charge in [-0.25, -0.2) is 8.78 Å². The Morgan fingerprint density at radius 3 is 2.68 bits per heavy atom. The van der Waals surface area contributed by atoms with Crippen molar-refractivity contribution in [3.63, 3.8) is 0 Å². The van der Waals surface area contributed by atoms with Crippen LogP contribution in [0.5, 0.6) is 0 Å². The summed E-state index contributed by atoms with van der Waals surface area (Å²) in [5, 5.41) is 12.0. The molecule has 1 amide bonds. The van der Waals surface area contributed by atoms with E-state index in [9.17, 15) is 18.7 Å². The van der Waals surface area contributed by atoms with Crippen LogP contribution in [0.25, 0.3) is 0 Å². The lowest BCUT2D eigenvalue weighted by Crippen LogP contribution is -2.54. The number of nitrogens with one attached hydrogen (secondary N) is 1. The third-order valence-corrected chi connectivity index (χ3v) is 3.33. The summed E-state index contributed by atoms with van der Waals surface area (Å²) in [5.41, 5.74) is -1.19. The molecule has 0 bridgehead atoms. The average molecular weight is 271 g/mol. The molecule has 4 nitrogen and oxygen atoms in total. The minimum absolute atomic E-state index is 0.265. The van der Waals surface area contributed by atoms with Crippen LogP contribution in [0.1, 0.15) is 23.2 Å². The van der Waals surface area contributed by atoms with E-state index in [-0.39, 0.29) is 12.2 Å². The van der Waals surface area contributed by atoms with Crippen molar-refractivity contribution in [2.24, 2.45) is 0 Å². The lowest BCUT2D eigenvalue weighted by Gasteiger charge is -2.36. The van der Waals surface area contributed by atoms with E-state index in [1.165, 1.54) is 12.1 Å². The van der Waals surface area contributed by atoms with Gasteiger partial charge >= 0.3 is 0 Å². The van der Waals surface area contributed by atoms with E-state index in [4.69, 9.17) is 4.74 Å². The number of aliphatic hydroxyl groups is 1. The molecule has 104 valence electrons. The zero-order valence-electron chi connectivity index (χ0n) is 10.3. The Labute approximate surface area is 109 Å². The number of halogens is 2. The summed E-state index contributed by atoms with van der Waals surface area (Å²) in [6.45, 7) is 0.554. The number of amides is 1. The van der Waals surface area contributed by atoms with Gasteiger partial charge in [-0.15, -0.1) is 0 Å². The van der Waals surface area contributed by atoms with Gasteiger partial charge in [0, 0.05) is 13.2 Å².